The van der Waals surface area contributed by atoms with Gasteiger partial charge in [-0.25, -0.2) is 9.59 Å². The zero-order valence-electron chi connectivity index (χ0n) is 14.2. The maximum Gasteiger partial charge on any atom is 0.235 e. The van der Waals surface area contributed by atoms with Gasteiger partial charge in [0.1, 0.15) is 0 Å². The minimum atomic E-state index is -0.474. The van der Waals surface area contributed by atoms with Gasteiger partial charge in [0.15, 0.2) is 0 Å². The van der Waals surface area contributed by atoms with E-state index < -0.39 is 11.1 Å². The highest BCUT2D eigenvalue weighted by Crippen LogP contribution is 2.52. The van der Waals surface area contributed by atoms with E-state index in [1.807, 2.05) is 13.0 Å². The molecule has 0 amide bonds. The first-order chi connectivity index (χ1) is 10.3. The summed E-state index contributed by atoms with van der Waals surface area (Å²) in [6.45, 7) is 6.36. The molecule has 2 saturated carbocycles. The van der Waals surface area contributed by atoms with E-state index in [1.165, 1.54) is 32.1 Å². The minimum absolute atomic E-state index is 0.00235. The predicted molar refractivity (Wildman–Crippen MR) is 86.2 cm³/mol. The lowest BCUT2D eigenvalue weighted by Gasteiger charge is -2.49. The average Bonchev–Trinajstić information content (AvgIpc) is 2.37. The molecule has 22 heavy (non-hydrogen) atoms. The molecule has 2 unspecified atom stereocenters. The topological polar surface area (TPSA) is 58.9 Å². The molecule has 0 aromatic heterocycles. The number of isocyanates is 2. The van der Waals surface area contributed by atoms with Crippen molar-refractivity contribution in [3.8, 4) is 0 Å². The second-order valence-electron chi connectivity index (χ2n) is 8.53. The molecule has 2 aliphatic rings. The molecule has 2 fully saturated rings. The van der Waals surface area contributed by atoms with Crippen LogP contribution in [0.15, 0.2) is 9.98 Å². The van der Waals surface area contributed by atoms with Crippen molar-refractivity contribution >= 4 is 12.2 Å². The third-order valence-corrected chi connectivity index (χ3v) is 5.37. The molecule has 2 aliphatic carbocycles. The third kappa shape index (κ3) is 4.15. The van der Waals surface area contributed by atoms with Crippen LogP contribution in [0.3, 0.4) is 0 Å². The van der Waals surface area contributed by atoms with Crippen molar-refractivity contribution in [3.63, 3.8) is 0 Å². The summed E-state index contributed by atoms with van der Waals surface area (Å²) < 4.78 is 0. The van der Waals surface area contributed by atoms with Gasteiger partial charge < -0.3 is 0 Å². The second kappa shape index (κ2) is 6.48. The van der Waals surface area contributed by atoms with Gasteiger partial charge in [0, 0.05) is 0 Å². The Kier molecular flexibility index (Phi) is 5.04. The first-order valence-electron chi connectivity index (χ1n) is 8.50. The van der Waals surface area contributed by atoms with Crippen molar-refractivity contribution in [1.82, 2.24) is 0 Å². The van der Waals surface area contributed by atoms with Gasteiger partial charge in [-0.15, -0.1) is 0 Å². The van der Waals surface area contributed by atoms with Gasteiger partial charge in [0.2, 0.25) is 12.2 Å². The number of aliphatic imine (C=N–C) groups is 2. The largest absolute Gasteiger partial charge is 0.235 e. The predicted octanol–water partition coefficient (Wildman–Crippen LogP) is 4.34. The molecule has 4 heteroatoms. The van der Waals surface area contributed by atoms with E-state index >= 15 is 0 Å². The molecule has 0 aromatic rings. The van der Waals surface area contributed by atoms with Crippen molar-refractivity contribution in [2.75, 3.05) is 0 Å². The molecule has 0 spiro atoms. The van der Waals surface area contributed by atoms with Crippen molar-refractivity contribution in [2.45, 2.75) is 89.6 Å². The maximum absolute atomic E-state index is 11.1. The van der Waals surface area contributed by atoms with Crippen molar-refractivity contribution in [3.05, 3.63) is 0 Å². The highest BCUT2D eigenvalue weighted by Gasteiger charge is 2.50. The van der Waals surface area contributed by atoms with E-state index in [4.69, 9.17) is 0 Å². The number of hydrogen-bond donors (Lipinski definition) is 0. The Morgan fingerprint density at radius 1 is 0.909 bits per heavy atom. The zero-order chi connectivity index (χ0) is 16.3. The van der Waals surface area contributed by atoms with Crippen LogP contribution in [-0.4, -0.2) is 23.2 Å². The summed E-state index contributed by atoms with van der Waals surface area (Å²) in [7, 11) is 0. The molecule has 0 aliphatic heterocycles. The van der Waals surface area contributed by atoms with Crippen LogP contribution in [0.1, 0.15) is 78.6 Å². The summed E-state index contributed by atoms with van der Waals surface area (Å²) in [5, 5.41) is 0. The molecule has 0 aromatic carbocycles. The quantitative estimate of drug-likeness (QED) is 0.573. The van der Waals surface area contributed by atoms with Gasteiger partial charge in [0.25, 0.3) is 0 Å². The zero-order valence-corrected chi connectivity index (χ0v) is 14.2. The van der Waals surface area contributed by atoms with Crippen molar-refractivity contribution in [1.29, 1.82) is 0 Å². The smallest absolute Gasteiger partial charge is 0.211 e. The number of hydrogen-bond acceptors (Lipinski definition) is 4. The van der Waals surface area contributed by atoms with Crippen LogP contribution in [-0.2, 0) is 9.59 Å². The molecule has 122 valence electrons. The third-order valence-electron chi connectivity index (χ3n) is 5.37. The van der Waals surface area contributed by atoms with Gasteiger partial charge in [-0.05, 0) is 43.9 Å². The van der Waals surface area contributed by atoms with Gasteiger partial charge in [-0.1, -0.05) is 46.0 Å². The Bertz CT molecular complexity index is 497. The van der Waals surface area contributed by atoms with E-state index in [0.29, 0.717) is 12.3 Å². The molecule has 0 saturated heterocycles. The van der Waals surface area contributed by atoms with E-state index in [2.05, 4.69) is 23.8 Å². The number of nitrogens with zero attached hydrogens (tertiary/aromatic N) is 2. The highest BCUT2D eigenvalue weighted by molar-refractivity contribution is 5.37. The Labute approximate surface area is 133 Å². The van der Waals surface area contributed by atoms with E-state index in [-0.39, 0.29) is 5.41 Å². The fraction of sp³-hybridized carbons (Fsp3) is 0.889. The van der Waals surface area contributed by atoms with Crippen molar-refractivity contribution < 1.29 is 9.59 Å². The van der Waals surface area contributed by atoms with Crippen molar-refractivity contribution in [2.24, 2.45) is 21.3 Å². The van der Waals surface area contributed by atoms with E-state index in [1.54, 1.807) is 6.08 Å². The van der Waals surface area contributed by atoms with Crippen LogP contribution in [0.5, 0.6) is 0 Å². The maximum atomic E-state index is 11.1. The van der Waals surface area contributed by atoms with Gasteiger partial charge in [-0.3, -0.25) is 0 Å². The molecule has 0 N–H and O–H groups in total. The Hall–Kier alpha value is -1.24. The van der Waals surface area contributed by atoms with Crippen LogP contribution in [0, 0.1) is 11.3 Å². The fourth-order valence-electron chi connectivity index (χ4n) is 5.30. The van der Waals surface area contributed by atoms with Crippen LogP contribution < -0.4 is 0 Å². The summed E-state index contributed by atoms with van der Waals surface area (Å²) in [6, 6.07) is 0. The molecular weight excluding hydrogens is 276 g/mol. The summed E-state index contributed by atoms with van der Waals surface area (Å²) in [5.74, 6) is 0.629. The van der Waals surface area contributed by atoms with Crippen LogP contribution >= 0.6 is 0 Å². The summed E-state index contributed by atoms with van der Waals surface area (Å²) in [5.41, 5.74) is -0.887. The standard InChI is InChI=1S/C18H28N2O2/c1-16(2)10-17(3,19-13-21)12-18(11-16,20-14-22)9-15-7-5-4-6-8-15/h15H,4-12H2,1-3H3. The Balaban J connectivity index is 2.30. The first-order valence-corrected chi connectivity index (χ1v) is 8.50. The molecular formula is C18H28N2O2. The van der Waals surface area contributed by atoms with Gasteiger partial charge in [-0.2, -0.15) is 9.98 Å². The van der Waals surface area contributed by atoms with Gasteiger partial charge in [0.05, 0.1) is 11.1 Å². The Morgan fingerprint density at radius 2 is 1.55 bits per heavy atom. The SMILES string of the molecule is CC1(C)CC(C)(N=C=O)CC(CC2CCCCC2)(N=C=O)C1. The molecule has 2 rings (SSSR count). The first kappa shape index (κ1) is 17.1. The van der Waals surface area contributed by atoms with Crippen LogP contribution in [0.2, 0.25) is 0 Å². The average molecular weight is 304 g/mol. The molecule has 0 radical (unpaired) electrons. The molecule has 2 atom stereocenters. The summed E-state index contributed by atoms with van der Waals surface area (Å²) in [6.07, 6.45) is 13.2. The lowest BCUT2D eigenvalue weighted by Crippen LogP contribution is -2.49. The van der Waals surface area contributed by atoms with Gasteiger partial charge >= 0.3 is 0 Å². The molecule has 0 heterocycles. The van der Waals surface area contributed by atoms with E-state index in [9.17, 15) is 9.59 Å². The summed E-state index contributed by atoms with van der Waals surface area (Å²) >= 11 is 0. The van der Waals surface area contributed by atoms with Crippen LogP contribution in [0.25, 0.3) is 0 Å². The number of rotatable bonds is 4. The minimum Gasteiger partial charge on any atom is -0.211 e. The normalized spacial score (nSPS) is 35.2. The summed E-state index contributed by atoms with van der Waals surface area (Å²) in [4.78, 5) is 30.3. The molecule has 4 nitrogen and oxygen atoms in total. The second-order valence-corrected chi connectivity index (χ2v) is 8.53. The number of carbonyl (C=O) groups excluding carboxylic acids is 2. The fourth-order valence-corrected chi connectivity index (χ4v) is 5.30. The lowest BCUT2D eigenvalue weighted by atomic mass is 9.59. The molecule has 0 bridgehead atoms. The lowest BCUT2D eigenvalue weighted by molar-refractivity contribution is 0.0702. The van der Waals surface area contributed by atoms with E-state index in [0.717, 1.165) is 19.3 Å². The monoisotopic (exact) mass is 304 g/mol. The van der Waals surface area contributed by atoms with Crippen LogP contribution in [0.4, 0.5) is 0 Å². The highest BCUT2D eigenvalue weighted by atomic mass is 16.1. The Morgan fingerprint density at radius 3 is 2.14 bits per heavy atom.